The van der Waals surface area contributed by atoms with Gasteiger partial charge in [0.2, 0.25) is 0 Å². The number of pyridine rings is 1. The van der Waals surface area contributed by atoms with Gasteiger partial charge in [-0.15, -0.1) is 11.3 Å². The zero-order chi connectivity index (χ0) is 14.0. The minimum atomic E-state index is -0.614. The molecule has 2 aromatic rings. The van der Waals surface area contributed by atoms with E-state index >= 15 is 0 Å². The Balaban J connectivity index is 2.18. The Morgan fingerprint density at radius 1 is 1.53 bits per heavy atom. The molecule has 0 saturated heterocycles. The third kappa shape index (κ3) is 3.27. The lowest BCUT2D eigenvalue weighted by Gasteiger charge is -2.03. The molecule has 2 rings (SSSR count). The molecule has 100 valence electrons. The van der Waals surface area contributed by atoms with Gasteiger partial charge in [0.1, 0.15) is 11.0 Å². The molecule has 0 aromatic carbocycles. The van der Waals surface area contributed by atoms with E-state index in [-0.39, 0.29) is 16.6 Å². The quantitative estimate of drug-likeness (QED) is 0.879. The predicted octanol–water partition coefficient (Wildman–Crippen LogP) is 3.71. The predicted molar refractivity (Wildman–Crippen MR) is 73.4 cm³/mol. The van der Waals surface area contributed by atoms with Crippen LogP contribution in [0.3, 0.4) is 0 Å². The Hall–Kier alpha value is -1.53. The van der Waals surface area contributed by atoms with Crippen LogP contribution in [-0.4, -0.2) is 15.9 Å². The van der Waals surface area contributed by atoms with E-state index in [0.29, 0.717) is 5.13 Å². The van der Waals surface area contributed by atoms with Crippen molar-refractivity contribution in [3.8, 4) is 0 Å². The molecule has 1 amide bonds. The fourth-order valence-corrected chi connectivity index (χ4v) is 2.41. The Bertz CT molecular complexity index is 615. The van der Waals surface area contributed by atoms with E-state index < -0.39 is 11.7 Å². The van der Waals surface area contributed by atoms with Gasteiger partial charge in [0.25, 0.3) is 5.91 Å². The molecule has 0 aliphatic heterocycles. The van der Waals surface area contributed by atoms with Crippen molar-refractivity contribution < 1.29 is 9.18 Å². The summed E-state index contributed by atoms with van der Waals surface area (Å²) in [5.41, 5.74) is 0.881. The summed E-state index contributed by atoms with van der Waals surface area (Å²) in [5, 5.41) is 4.86. The second-order valence-corrected chi connectivity index (χ2v) is 5.39. The average Bonchev–Trinajstić information content (AvgIpc) is 2.80. The number of carbonyl (C=O) groups excluding carboxylic acids is 1. The lowest BCUT2D eigenvalue weighted by atomic mass is 10.2. The zero-order valence-electron chi connectivity index (χ0n) is 10.3. The Morgan fingerprint density at radius 2 is 2.26 bits per heavy atom. The molecule has 0 unspecified atom stereocenters. The SMILES string of the molecule is CC(C)c1csc(NC(=O)c2cc(F)cnc2Cl)n1. The molecule has 4 nitrogen and oxygen atoms in total. The Labute approximate surface area is 118 Å². The number of nitrogens with one attached hydrogen (secondary N) is 1. The van der Waals surface area contributed by atoms with Crippen LogP contribution >= 0.6 is 22.9 Å². The minimum Gasteiger partial charge on any atom is -0.298 e. The molecular weight excluding hydrogens is 289 g/mol. The fourth-order valence-electron chi connectivity index (χ4n) is 1.36. The maximum Gasteiger partial charge on any atom is 0.260 e. The van der Waals surface area contributed by atoms with E-state index in [1.165, 1.54) is 11.3 Å². The van der Waals surface area contributed by atoms with E-state index in [4.69, 9.17) is 11.6 Å². The first-order chi connectivity index (χ1) is 8.97. The summed E-state index contributed by atoms with van der Waals surface area (Å²) < 4.78 is 13.0. The molecular formula is C12H11ClFN3OS. The highest BCUT2D eigenvalue weighted by molar-refractivity contribution is 7.14. The standard InChI is InChI=1S/C12H11ClFN3OS/c1-6(2)9-5-19-12(16-9)17-11(18)8-3-7(14)4-15-10(8)13/h3-6H,1-2H3,(H,16,17,18). The van der Waals surface area contributed by atoms with Gasteiger partial charge in [-0.05, 0) is 12.0 Å². The van der Waals surface area contributed by atoms with E-state index in [2.05, 4.69) is 15.3 Å². The van der Waals surface area contributed by atoms with Crippen LogP contribution in [-0.2, 0) is 0 Å². The van der Waals surface area contributed by atoms with Gasteiger partial charge in [-0.2, -0.15) is 0 Å². The topological polar surface area (TPSA) is 54.9 Å². The van der Waals surface area contributed by atoms with E-state index in [1.807, 2.05) is 19.2 Å². The molecule has 2 heterocycles. The first kappa shape index (κ1) is 13.9. The number of anilines is 1. The van der Waals surface area contributed by atoms with Crippen LogP contribution < -0.4 is 5.32 Å². The third-order valence-electron chi connectivity index (χ3n) is 2.38. The highest BCUT2D eigenvalue weighted by Crippen LogP contribution is 2.23. The van der Waals surface area contributed by atoms with Crippen molar-refractivity contribution in [1.82, 2.24) is 9.97 Å². The summed E-state index contributed by atoms with van der Waals surface area (Å²) in [5.74, 6) is -0.862. The molecule has 0 radical (unpaired) electrons. The molecule has 0 aliphatic rings. The monoisotopic (exact) mass is 299 g/mol. The van der Waals surface area contributed by atoms with Crippen molar-refractivity contribution >= 4 is 34.0 Å². The van der Waals surface area contributed by atoms with Crippen molar-refractivity contribution in [1.29, 1.82) is 0 Å². The summed E-state index contributed by atoms with van der Waals surface area (Å²) in [6, 6.07) is 1.04. The number of carbonyl (C=O) groups is 1. The molecule has 0 fully saturated rings. The average molecular weight is 300 g/mol. The third-order valence-corrected chi connectivity index (χ3v) is 3.46. The molecule has 0 atom stereocenters. The van der Waals surface area contributed by atoms with E-state index in [0.717, 1.165) is 18.0 Å². The summed E-state index contributed by atoms with van der Waals surface area (Å²) in [4.78, 5) is 19.8. The second-order valence-electron chi connectivity index (χ2n) is 4.18. The van der Waals surface area contributed by atoms with Crippen molar-refractivity contribution in [2.45, 2.75) is 19.8 Å². The van der Waals surface area contributed by atoms with Crippen LogP contribution in [0.5, 0.6) is 0 Å². The van der Waals surface area contributed by atoms with Crippen LogP contribution in [0.4, 0.5) is 9.52 Å². The lowest BCUT2D eigenvalue weighted by molar-refractivity contribution is 0.102. The number of halogens is 2. The summed E-state index contributed by atoms with van der Waals surface area (Å²) in [6.07, 6.45) is 0.958. The van der Waals surface area contributed by atoms with Crippen LogP contribution in [0.25, 0.3) is 0 Å². The van der Waals surface area contributed by atoms with E-state index in [1.54, 1.807) is 0 Å². The maximum absolute atomic E-state index is 13.0. The smallest absolute Gasteiger partial charge is 0.260 e. The first-order valence-corrected chi connectivity index (χ1v) is 6.81. The van der Waals surface area contributed by atoms with Crippen molar-refractivity contribution in [3.63, 3.8) is 0 Å². The van der Waals surface area contributed by atoms with Gasteiger partial charge in [-0.1, -0.05) is 25.4 Å². The van der Waals surface area contributed by atoms with Crippen molar-refractivity contribution in [2.24, 2.45) is 0 Å². The van der Waals surface area contributed by atoms with Crippen LogP contribution in [0.15, 0.2) is 17.6 Å². The van der Waals surface area contributed by atoms with Gasteiger partial charge >= 0.3 is 0 Å². The Kier molecular flexibility index (Phi) is 4.11. The molecule has 7 heteroatoms. The molecule has 0 aliphatic carbocycles. The van der Waals surface area contributed by atoms with Gasteiger partial charge < -0.3 is 0 Å². The summed E-state index contributed by atoms with van der Waals surface area (Å²) in [7, 11) is 0. The number of hydrogen-bond donors (Lipinski definition) is 1. The highest BCUT2D eigenvalue weighted by Gasteiger charge is 2.15. The Morgan fingerprint density at radius 3 is 2.89 bits per heavy atom. The van der Waals surface area contributed by atoms with Crippen LogP contribution in [0, 0.1) is 5.82 Å². The molecule has 2 aromatic heterocycles. The number of rotatable bonds is 3. The van der Waals surface area contributed by atoms with Gasteiger partial charge in [0, 0.05) is 5.38 Å². The molecule has 0 saturated carbocycles. The van der Waals surface area contributed by atoms with Crippen molar-refractivity contribution in [3.05, 3.63) is 39.9 Å². The molecule has 0 bridgehead atoms. The van der Waals surface area contributed by atoms with Gasteiger partial charge in [0.15, 0.2) is 5.13 Å². The van der Waals surface area contributed by atoms with Gasteiger partial charge in [-0.3, -0.25) is 10.1 Å². The van der Waals surface area contributed by atoms with Crippen LogP contribution in [0.2, 0.25) is 5.15 Å². The van der Waals surface area contributed by atoms with Gasteiger partial charge in [0.05, 0.1) is 17.5 Å². The largest absolute Gasteiger partial charge is 0.298 e. The number of amides is 1. The summed E-state index contributed by atoms with van der Waals surface area (Å²) >= 11 is 7.07. The number of thiazole rings is 1. The maximum atomic E-state index is 13.0. The summed E-state index contributed by atoms with van der Waals surface area (Å²) in [6.45, 7) is 4.02. The van der Waals surface area contributed by atoms with Crippen molar-refractivity contribution in [2.75, 3.05) is 5.32 Å². The van der Waals surface area contributed by atoms with Gasteiger partial charge in [-0.25, -0.2) is 14.4 Å². The van der Waals surface area contributed by atoms with Crippen LogP contribution in [0.1, 0.15) is 35.8 Å². The molecule has 19 heavy (non-hydrogen) atoms. The van der Waals surface area contributed by atoms with E-state index in [9.17, 15) is 9.18 Å². The number of hydrogen-bond acceptors (Lipinski definition) is 4. The normalized spacial score (nSPS) is 10.8. The lowest BCUT2D eigenvalue weighted by Crippen LogP contribution is -2.13. The first-order valence-electron chi connectivity index (χ1n) is 5.55. The number of aromatic nitrogens is 2. The fraction of sp³-hybridized carbons (Fsp3) is 0.250. The molecule has 1 N–H and O–H groups in total. The highest BCUT2D eigenvalue weighted by atomic mass is 35.5. The minimum absolute atomic E-state index is 0.0111. The second kappa shape index (κ2) is 5.63. The molecule has 0 spiro atoms. The number of nitrogens with zero attached hydrogens (tertiary/aromatic N) is 2. The zero-order valence-corrected chi connectivity index (χ0v) is 11.8.